The number of hydrogen-bond acceptors (Lipinski definition) is 4. The molecule has 0 radical (unpaired) electrons. The van der Waals surface area contributed by atoms with Gasteiger partial charge >= 0.3 is 6.03 Å². The van der Waals surface area contributed by atoms with Crippen molar-refractivity contribution in [3.8, 4) is 11.8 Å². The lowest BCUT2D eigenvalue weighted by Gasteiger charge is -2.21. The summed E-state index contributed by atoms with van der Waals surface area (Å²) in [7, 11) is 0. The number of amides is 2. The standard InChI is InChI=1S/C25H24F2N6O/c26-20-10-9-16(13-21(20)27)19-14-32(12-11-28)15-23(19)29-25(34)30-24-18-7-4-8-22(18)31-33(24)17-5-2-1-3-6-17/h1-3,5-6,9-10,13,19,23H,4,7-8,12,14-15H2,(H2,29,30,34). The normalized spacial score (nSPS) is 19.6. The van der Waals surface area contributed by atoms with Crippen molar-refractivity contribution in [1.82, 2.24) is 20.0 Å². The zero-order valence-corrected chi connectivity index (χ0v) is 18.5. The molecule has 2 amide bonds. The molecule has 2 heterocycles. The number of carbonyl (C=O) groups is 1. The molecule has 5 rings (SSSR count). The van der Waals surface area contributed by atoms with Crippen LogP contribution in [0.15, 0.2) is 48.5 Å². The molecule has 174 valence electrons. The topological polar surface area (TPSA) is 86.0 Å². The third-order valence-electron chi connectivity index (χ3n) is 6.52. The van der Waals surface area contributed by atoms with Crippen LogP contribution < -0.4 is 10.6 Å². The molecule has 2 atom stereocenters. The second kappa shape index (κ2) is 9.23. The van der Waals surface area contributed by atoms with Crippen LogP contribution in [0.3, 0.4) is 0 Å². The van der Waals surface area contributed by atoms with Gasteiger partial charge in [-0.15, -0.1) is 0 Å². The zero-order valence-electron chi connectivity index (χ0n) is 18.5. The van der Waals surface area contributed by atoms with E-state index < -0.39 is 17.7 Å². The van der Waals surface area contributed by atoms with Gasteiger partial charge in [-0.05, 0) is 49.1 Å². The van der Waals surface area contributed by atoms with Gasteiger partial charge in [-0.2, -0.15) is 10.4 Å². The van der Waals surface area contributed by atoms with Crippen molar-refractivity contribution in [2.24, 2.45) is 0 Å². The maximum atomic E-state index is 13.9. The van der Waals surface area contributed by atoms with Gasteiger partial charge < -0.3 is 5.32 Å². The minimum absolute atomic E-state index is 0.189. The molecule has 2 aliphatic rings. The number of rotatable bonds is 5. The first-order chi connectivity index (χ1) is 16.5. The van der Waals surface area contributed by atoms with Crippen LogP contribution in [0.2, 0.25) is 0 Å². The predicted octanol–water partition coefficient (Wildman–Crippen LogP) is 3.75. The highest BCUT2D eigenvalue weighted by molar-refractivity contribution is 5.90. The number of para-hydroxylation sites is 1. The van der Waals surface area contributed by atoms with E-state index in [9.17, 15) is 13.6 Å². The lowest BCUT2D eigenvalue weighted by atomic mass is 9.94. The van der Waals surface area contributed by atoms with Gasteiger partial charge in [0.1, 0.15) is 5.82 Å². The van der Waals surface area contributed by atoms with Crippen LogP contribution in [0.5, 0.6) is 0 Å². The molecule has 34 heavy (non-hydrogen) atoms. The average Bonchev–Trinajstić information content (AvgIpc) is 3.53. The van der Waals surface area contributed by atoms with Crippen LogP contribution in [0.4, 0.5) is 19.4 Å². The summed E-state index contributed by atoms with van der Waals surface area (Å²) in [5.74, 6) is -1.48. The van der Waals surface area contributed by atoms with Crippen LogP contribution in [-0.4, -0.2) is 46.4 Å². The minimum atomic E-state index is -0.929. The first-order valence-electron chi connectivity index (χ1n) is 11.3. The summed E-state index contributed by atoms with van der Waals surface area (Å²) in [6.07, 6.45) is 2.71. The summed E-state index contributed by atoms with van der Waals surface area (Å²) in [5.41, 5.74) is 3.46. The van der Waals surface area contributed by atoms with E-state index in [1.807, 2.05) is 35.2 Å². The first kappa shape index (κ1) is 22.0. The average molecular weight is 463 g/mol. The van der Waals surface area contributed by atoms with Gasteiger partial charge in [0, 0.05) is 24.6 Å². The number of hydrogen-bond donors (Lipinski definition) is 2. The molecule has 3 aromatic rings. The summed E-state index contributed by atoms with van der Waals surface area (Å²) in [6, 6.07) is 14.8. The number of anilines is 1. The van der Waals surface area contributed by atoms with Gasteiger partial charge in [0.15, 0.2) is 11.6 Å². The van der Waals surface area contributed by atoms with E-state index in [-0.39, 0.29) is 18.5 Å². The zero-order chi connectivity index (χ0) is 23.7. The molecule has 1 saturated heterocycles. The van der Waals surface area contributed by atoms with Crippen LogP contribution in [-0.2, 0) is 12.8 Å². The number of aryl methyl sites for hydroxylation is 1. The van der Waals surface area contributed by atoms with Gasteiger partial charge in [0.2, 0.25) is 0 Å². The summed E-state index contributed by atoms with van der Waals surface area (Å²) in [6.45, 7) is 1.08. The number of nitrogens with zero attached hydrogens (tertiary/aromatic N) is 4. The molecule has 1 fully saturated rings. The Morgan fingerprint density at radius 1 is 1.12 bits per heavy atom. The molecule has 2 N–H and O–H groups in total. The molecule has 1 aliphatic carbocycles. The Labute approximate surface area is 196 Å². The van der Waals surface area contributed by atoms with Gasteiger partial charge in [-0.25, -0.2) is 18.3 Å². The fourth-order valence-corrected chi connectivity index (χ4v) is 4.93. The quantitative estimate of drug-likeness (QED) is 0.566. The van der Waals surface area contributed by atoms with Crippen molar-refractivity contribution in [3.05, 3.63) is 77.0 Å². The SMILES string of the molecule is N#CCN1CC(NC(=O)Nc2c3c(nn2-c2ccccc2)CCC3)C(c2ccc(F)c(F)c2)C1. The summed E-state index contributed by atoms with van der Waals surface area (Å²) in [5, 5.41) is 19.8. The number of benzene rings is 2. The van der Waals surface area contributed by atoms with E-state index >= 15 is 0 Å². The van der Waals surface area contributed by atoms with Gasteiger partial charge in [0.25, 0.3) is 0 Å². The van der Waals surface area contributed by atoms with Crippen molar-refractivity contribution in [3.63, 3.8) is 0 Å². The molecule has 7 nitrogen and oxygen atoms in total. The second-order valence-corrected chi connectivity index (χ2v) is 8.71. The molecule has 0 spiro atoms. The molecule has 0 bridgehead atoms. The number of aromatic nitrogens is 2. The van der Waals surface area contributed by atoms with E-state index in [4.69, 9.17) is 10.4 Å². The Kier molecular flexibility index (Phi) is 5.99. The Morgan fingerprint density at radius 3 is 2.71 bits per heavy atom. The van der Waals surface area contributed by atoms with Gasteiger partial charge in [0.05, 0.1) is 30.0 Å². The minimum Gasteiger partial charge on any atom is -0.333 e. The Balaban J connectivity index is 1.38. The predicted molar refractivity (Wildman–Crippen MR) is 123 cm³/mol. The smallest absolute Gasteiger partial charge is 0.320 e. The monoisotopic (exact) mass is 462 g/mol. The van der Waals surface area contributed by atoms with Crippen molar-refractivity contribution in [1.29, 1.82) is 5.26 Å². The van der Waals surface area contributed by atoms with Crippen molar-refractivity contribution in [2.45, 2.75) is 31.2 Å². The number of halogens is 2. The third-order valence-corrected chi connectivity index (χ3v) is 6.52. The van der Waals surface area contributed by atoms with E-state index in [1.54, 1.807) is 4.68 Å². The summed E-state index contributed by atoms with van der Waals surface area (Å²) < 4.78 is 29.1. The number of carbonyl (C=O) groups excluding carboxylic acids is 1. The van der Waals surface area contributed by atoms with Crippen LogP contribution in [0.25, 0.3) is 5.69 Å². The first-order valence-corrected chi connectivity index (χ1v) is 11.3. The largest absolute Gasteiger partial charge is 0.333 e. The van der Waals surface area contributed by atoms with Crippen molar-refractivity contribution < 1.29 is 13.6 Å². The molecule has 9 heteroatoms. The highest BCUT2D eigenvalue weighted by Crippen LogP contribution is 2.32. The molecule has 1 aliphatic heterocycles. The number of nitrogens with one attached hydrogen (secondary N) is 2. The number of urea groups is 1. The fourth-order valence-electron chi connectivity index (χ4n) is 4.93. The highest BCUT2D eigenvalue weighted by atomic mass is 19.2. The summed E-state index contributed by atoms with van der Waals surface area (Å²) >= 11 is 0. The van der Waals surface area contributed by atoms with Crippen molar-refractivity contribution >= 4 is 11.8 Å². The molecule has 2 unspecified atom stereocenters. The third kappa shape index (κ3) is 4.24. The van der Waals surface area contributed by atoms with Crippen LogP contribution in [0.1, 0.15) is 29.2 Å². The number of likely N-dealkylation sites (tertiary alicyclic amines) is 1. The van der Waals surface area contributed by atoms with Crippen molar-refractivity contribution in [2.75, 3.05) is 25.0 Å². The summed E-state index contributed by atoms with van der Waals surface area (Å²) in [4.78, 5) is 15.0. The lowest BCUT2D eigenvalue weighted by Crippen LogP contribution is -2.42. The Morgan fingerprint density at radius 2 is 1.94 bits per heavy atom. The maximum absolute atomic E-state index is 13.9. The molecule has 1 aromatic heterocycles. The highest BCUT2D eigenvalue weighted by Gasteiger charge is 2.35. The van der Waals surface area contributed by atoms with Crippen LogP contribution >= 0.6 is 0 Å². The van der Waals surface area contributed by atoms with E-state index in [1.165, 1.54) is 12.1 Å². The van der Waals surface area contributed by atoms with Gasteiger partial charge in [-0.1, -0.05) is 24.3 Å². The van der Waals surface area contributed by atoms with Gasteiger partial charge in [-0.3, -0.25) is 10.2 Å². The molecule has 0 saturated carbocycles. The maximum Gasteiger partial charge on any atom is 0.320 e. The molecule has 2 aromatic carbocycles. The second-order valence-electron chi connectivity index (χ2n) is 8.71. The number of nitriles is 1. The molecular weight excluding hydrogens is 438 g/mol. The fraction of sp³-hybridized carbons (Fsp3) is 0.320. The van der Waals surface area contributed by atoms with E-state index in [0.717, 1.165) is 42.3 Å². The van der Waals surface area contributed by atoms with E-state index in [2.05, 4.69) is 16.7 Å². The van der Waals surface area contributed by atoms with E-state index in [0.29, 0.717) is 24.5 Å². The number of fused-ring (bicyclic) bond motifs is 1. The Hall–Kier alpha value is -3.77. The lowest BCUT2D eigenvalue weighted by molar-refractivity contribution is 0.247. The molecular formula is C25H24F2N6O. The van der Waals surface area contributed by atoms with Crippen LogP contribution in [0, 0.1) is 23.0 Å². The Bertz CT molecular complexity index is 1250.